The van der Waals surface area contributed by atoms with Gasteiger partial charge in [-0.05, 0) is 42.7 Å². The fraction of sp³-hybridized carbons (Fsp3) is 0.441. The lowest BCUT2D eigenvalue weighted by molar-refractivity contribution is -0.206. The van der Waals surface area contributed by atoms with E-state index in [-0.39, 0.29) is 25.4 Å². The second kappa shape index (κ2) is 17.2. The number of hydrogen-bond donors (Lipinski definition) is 1. The van der Waals surface area contributed by atoms with Crippen LogP contribution in [-0.4, -0.2) is 76.7 Å². The summed E-state index contributed by atoms with van der Waals surface area (Å²) in [6.45, 7) is 3.30. The summed E-state index contributed by atoms with van der Waals surface area (Å²) in [5.74, 6) is -2.85. The minimum absolute atomic E-state index is 0.0175. The number of imide groups is 1. The molecular formula is C34H42N4O8. The Balaban J connectivity index is 1.56. The van der Waals surface area contributed by atoms with E-state index >= 15 is 0 Å². The predicted molar refractivity (Wildman–Crippen MR) is 168 cm³/mol. The molecule has 2 aliphatic heterocycles. The van der Waals surface area contributed by atoms with E-state index in [1.165, 1.54) is 0 Å². The Morgan fingerprint density at radius 3 is 2.30 bits per heavy atom. The summed E-state index contributed by atoms with van der Waals surface area (Å²) in [5, 5.41) is 1.62. The summed E-state index contributed by atoms with van der Waals surface area (Å²) >= 11 is 0. The number of hydrazine groups is 1. The van der Waals surface area contributed by atoms with Gasteiger partial charge in [-0.25, -0.2) is 20.1 Å². The van der Waals surface area contributed by atoms with E-state index < -0.39 is 55.1 Å². The molecule has 2 heterocycles. The van der Waals surface area contributed by atoms with E-state index in [0.29, 0.717) is 24.5 Å². The second-order valence-electron chi connectivity index (χ2n) is 11.6. The van der Waals surface area contributed by atoms with E-state index in [1.807, 2.05) is 50.2 Å². The molecule has 2 atom stereocenters. The largest absolute Gasteiger partial charge is 0.445 e. The molecule has 0 unspecified atom stereocenters. The number of ether oxygens (including phenoxy) is 2. The average Bonchev–Trinajstić information content (AvgIpc) is 3.06. The maximum Gasteiger partial charge on any atom is 0.411 e. The van der Waals surface area contributed by atoms with Crippen molar-refractivity contribution in [1.82, 2.24) is 20.4 Å². The number of nitrogens with zero attached hydrogens (tertiary/aromatic N) is 3. The first-order valence-corrected chi connectivity index (χ1v) is 15.6. The molecule has 46 heavy (non-hydrogen) atoms. The molecule has 2 fully saturated rings. The summed E-state index contributed by atoms with van der Waals surface area (Å²) in [7, 11) is 0. The van der Waals surface area contributed by atoms with Crippen molar-refractivity contribution in [2.24, 2.45) is 5.92 Å². The van der Waals surface area contributed by atoms with Crippen molar-refractivity contribution < 1.29 is 38.3 Å². The van der Waals surface area contributed by atoms with E-state index in [1.54, 1.807) is 36.4 Å². The summed E-state index contributed by atoms with van der Waals surface area (Å²) in [4.78, 5) is 74.0. The van der Waals surface area contributed by atoms with Gasteiger partial charge in [0.05, 0.1) is 0 Å². The lowest BCUT2D eigenvalue weighted by atomic mass is 10.1. The SMILES string of the molecule is CC(C)CCC(=O)N([C@H](CC=Cc1ccccc1)C(=O)NO[C@H]1CCCCO1)N1C(=O)CN(C(=O)OCc2ccccc2)CC1=O. The Bertz CT molecular complexity index is 1340. The zero-order valence-electron chi connectivity index (χ0n) is 26.3. The molecule has 4 rings (SSSR count). The number of piperazine rings is 1. The third-order valence-electron chi connectivity index (χ3n) is 7.49. The Labute approximate surface area is 269 Å². The Morgan fingerprint density at radius 1 is 1.00 bits per heavy atom. The topological polar surface area (TPSA) is 135 Å². The summed E-state index contributed by atoms with van der Waals surface area (Å²) in [5.41, 5.74) is 4.01. The molecular weight excluding hydrogens is 592 g/mol. The van der Waals surface area contributed by atoms with Crippen LogP contribution in [0.3, 0.4) is 0 Å². The second-order valence-corrected chi connectivity index (χ2v) is 11.6. The van der Waals surface area contributed by atoms with Gasteiger partial charge in [-0.1, -0.05) is 86.7 Å². The van der Waals surface area contributed by atoms with Crippen LogP contribution in [0.2, 0.25) is 0 Å². The number of carbonyl (C=O) groups is 5. The van der Waals surface area contributed by atoms with Gasteiger partial charge in [0.1, 0.15) is 25.7 Å². The highest BCUT2D eigenvalue weighted by Gasteiger charge is 2.44. The maximum absolute atomic E-state index is 13.8. The molecule has 2 saturated heterocycles. The van der Waals surface area contributed by atoms with Crippen LogP contribution in [0.4, 0.5) is 4.79 Å². The monoisotopic (exact) mass is 634 g/mol. The number of carbonyl (C=O) groups excluding carboxylic acids is 5. The first-order valence-electron chi connectivity index (χ1n) is 15.6. The van der Waals surface area contributed by atoms with Crippen LogP contribution >= 0.6 is 0 Å². The van der Waals surface area contributed by atoms with Crippen LogP contribution in [0.25, 0.3) is 6.08 Å². The average molecular weight is 635 g/mol. The summed E-state index contributed by atoms with van der Waals surface area (Å²) in [6.07, 6.45) is 4.72. The van der Waals surface area contributed by atoms with Crippen LogP contribution in [0.1, 0.15) is 63.5 Å². The van der Waals surface area contributed by atoms with Crippen molar-refractivity contribution in [2.45, 2.75) is 71.3 Å². The van der Waals surface area contributed by atoms with E-state index in [4.69, 9.17) is 14.3 Å². The van der Waals surface area contributed by atoms with Gasteiger partial charge in [0.15, 0.2) is 6.29 Å². The Morgan fingerprint density at radius 2 is 1.67 bits per heavy atom. The minimum Gasteiger partial charge on any atom is -0.445 e. The fourth-order valence-electron chi connectivity index (χ4n) is 5.00. The van der Waals surface area contributed by atoms with Crippen LogP contribution in [0.15, 0.2) is 66.7 Å². The van der Waals surface area contributed by atoms with Crippen molar-refractivity contribution in [2.75, 3.05) is 19.7 Å². The number of benzene rings is 2. The predicted octanol–water partition coefficient (Wildman–Crippen LogP) is 4.22. The highest BCUT2D eigenvalue weighted by Crippen LogP contribution is 2.21. The molecule has 0 spiro atoms. The van der Waals surface area contributed by atoms with Gasteiger partial charge in [-0.15, -0.1) is 0 Å². The molecule has 0 aliphatic carbocycles. The third-order valence-corrected chi connectivity index (χ3v) is 7.49. The Hall–Kier alpha value is -4.55. The van der Waals surface area contributed by atoms with E-state index in [2.05, 4.69) is 5.48 Å². The Kier molecular flexibility index (Phi) is 12.9. The smallest absolute Gasteiger partial charge is 0.411 e. The molecule has 5 amide bonds. The standard InChI is InChI=1S/C34H42N4O8/c1-25(2)19-20-29(39)37(38-30(40)22-36(23-31(38)41)34(43)45-24-27-14-7-4-8-15-27)28(17-11-16-26-12-5-3-6-13-26)33(42)35-46-32-18-9-10-21-44-32/h3-8,11-16,25,28,32H,9-10,17-24H2,1-2H3,(H,35,42)/t28-,32+/m1/s1. The number of nitrogens with one attached hydrogen (secondary N) is 1. The molecule has 2 aliphatic rings. The zero-order valence-corrected chi connectivity index (χ0v) is 26.3. The first kappa shape index (κ1) is 34.3. The lowest BCUT2D eigenvalue weighted by Crippen LogP contribution is -2.66. The zero-order chi connectivity index (χ0) is 32.9. The molecule has 1 N–H and O–H groups in total. The molecule has 2 aromatic rings. The quantitative estimate of drug-likeness (QED) is 0.256. The lowest BCUT2D eigenvalue weighted by Gasteiger charge is -2.41. The van der Waals surface area contributed by atoms with Gasteiger partial charge in [0.25, 0.3) is 17.7 Å². The molecule has 246 valence electrons. The molecule has 12 heteroatoms. The van der Waals surface area contributed by atoms with Gasteiger partial charge < -0.3 is 9.47 Å². The highest BCUT2D eigenvalue weighted by atomic mass is 16.8. The van der Waals surface area contributed by atoms with Crippen molar-refractivity contribution >= 4 is 35.8 Å². The molecule has 0 bridgehead atoms. The molecule has 12 nitrogen and oxygen atoms in total. The van der Waals surface area contributed by atoms with Gasteiger partial charge in [0, 0.05) is 19.4 Å². The van der Waals surface area contributed by atoms with Crippen molar-refractivity contribution in [3.8, 4) is 0 Å². The van der Waals surface area contributed by atoms with Gasteiger partial charge in [-0.2, -0.15) is 5.01 Å². The summed E-state index contributed by atoms with van der Waals surface area (Å²) in [6, 6.07) is 17.0. The normalized spacial score (nSPS) is 17.7. The number of amides is 5. The van der Waals surface area contributed by atoms with Crippen molar-refractivity contribution in [1.29, 1.82) is 0 Å². The number of rotatable bonds is 13. The van der Waals surface area contributed by atoms with Gasteiger partial charge in [-0.3, -0.25) is 24.1 Å². The molecule has 2 aromatic carbocycles. The van der Waals surface area contributed by atoms with Crippen LogP contribution < -0.4 is 5.48 Å². The van der Waals surface area contributed by atoms with Crippen LogP contribution in [0.5, 0.6) is 0 Å². The van der Waals surface area contributed by atoms with Gasteiger partial charge >= 0.3 is 6.09 Å². The number of hydroxylamine groups is 1. The molecule has 0 aromatic heterocycles. The maximum atomic E-state index is 13.8. The fourth-order valence-corrected chi connectivity index (χ4v) is 5.00. The van der Waals surface area contributed by atoms with Gasteiger partial charge in [0.2, 0.25) is 5.91 Å². The van der Waals surface area contributed by atoms with Crippen molar-refractivity contribution in [3.05, 3.63) is 77.9 Å². The highest BCUT2D eigenvalue weighted by molar-refractivity contribution is 6.04. The van der Waals surface area contributed by atoms with Crippen molar-refractivity contribution in [3.63, 3.8) is 0 Å². The first-order chi connectivity index (χ1) is 22.2. The molecule has 0 radical (unpaired) electrons. The van der Waals surface area contributed by atoms with Crippen LogP contribution in [-0.2, 0) is 40.1 Å². The molecule has 0 saturated carbocycles. The minimum atomic E-state index is -1.33. The van der Waals surface area contributed by atoms with Crippen LogP contribution in [0, 0.1) is 5.92 Å². The number of hydrogen-bond acceptors (Lipinski definition) is 8. The van der Waals surface area contributed by atoms with E-state index in [0.717, 1.165) is 33.9 Å². The third kappa shape index (κ3) is 9.98. The van der Waals surface area contributed by atoms with E-state index in [9.17, 15) is 24.0 Å². The summed E-state index contributed by atoms with van der Waals surface area (Å²) < 4.78 is 10.9.